The van der Waals surface area contributed by atoms with Crippen molar-refractivity contribution in [3.63, 3.8) is 0 Å². The monoisotopic (exact) mass is 732 g/mol. The van der Waals surface area contributed by atoms with Crippen LogP contribution >= 0.6 is 0 Å². The third-order valence-electron chi connectivity index (χ3n) is 13.1. The Hall–Kier alpha value is -6.51. The molecule has 2 bridgehead atoms. The molecule has 7 aromatic carbocycles. The second kappa shape index (κ2) is 13.3. The normalized spacial score (nSPS) is 20.2. The van der Waals surface area contributed by atoms with E-state index in [1.54, 1.807) is 0 Å². The van der Waals surface area contributed by atoms with Crippen LogP contribution in [0.4, 0.5) is 11.4 Å². The lowest BCUT2D eigenvalue weighted by Crippen LogP contribution is -2.33. The van der Waals surface area contributed by atoms with Gasteiger partial charge in [0, 0.05) is 29.1 Å². The van der Waals surface area contributed by atoms with Gasteiger partial charge in [-0.05, 0) is 90.7 Å². The molecule has 0 radical (unpaired) electrons. The van der Waals surface area contributed by atoms with Crippen LogP contribution in [0.2, 0.25) is 0 Å². The minimum absolute atomic E-state index is 0.188. The van der Waals surface area contributed by atoms with Gasteiger partial charge in [0.05, 0.1) is 23.4 Å². The van der Waals surface area contributed by atoms with Crippen molar-refractivity contribution in [1.82, 2.24) is 0 Å². The smallest absolute Gasteiger partial charge is 0.0689 e. The Morgan fingerprint density at radius 1 is 0.632 bits per heavy atom. The first-order valence-electron chi connectivity index (χ1n) is 20.7. The first kappa shape index (κ1) is 33.8. The van der Waals surface area contributed by atoms with E-state index < -0.39 is 0 Å². The average molecular weight is 733 g/mol. The molecule has 57 heavy (non-hydrogen) atoms. The molecule has 2 heterocycles. The molecule has 13 rings (SSSR count). The van der Waals surface area contributed by atoms with Gasteiger partial charge in [0.2, 0.25) is 0 Å². The molecular formula is C55H44N2. The fourth-order valence-corrected chi connectivity index (χ4v) is 11.0. The molecule has 0 fully saturated rings. The number of para-hydroxylation sites is 1. The second-order valence-electron chi connectivity index (χ2n) is 15.7. The number of fused-ring (bicyclic) bond motifs is 8. The maximum atomic E-state index is 5.42. The minimum Gasteiger partial charge on any atom is -0.310 e. The molecule has 4 aliphatic carbocycles. The molecular weight excluding hydrogens is 689 g/mol. The first-order chi connectivity index (χ1) is 28.3. The number of aliphatic imine (C=N–C) groups is 1. The second-order valence-corrected chi connectivity index (χ2v) is 15.7. The highest BCUT2D eigenvalue weighted by atomic mass is 15.2. The van der Waals surface area contributed by atoms with Gasteiger partial charge in [-0.1, -0.05) is 184 Å². The predicted octanol–water partition coefficient (Wildman–Crippen LogP) is 13.6. The van der Waals surface area contributed by atoms with E-state index in [9.17, 15) is 0 Å². The summed E-state index contributed by atoms with van der Waals surface area (Å²) in [4.78, 5) is 8.01. The number of anilines is 2. The van der Waals surface area contributed by atoms with E-state index in [4.69, 9.17) is 4.99 Å². The van der Waals surface area contributed by atoms with Gasteiger partial charge < -0.3 is 4.90 Å². The van der Waals surface area contributed by atoms with Crippen LogP contribution in [-0.2, 0) is 12.0 Å². The molecule has 0 saturated carbocycles. The number of hydrogen-bond acceptors (Lipinski definition) is 2. The largest absolute Gasteiger partial charge is 0.310 e. The minimum atomic E-state index is -0.288. The number of benzene rings is 7. The van der Waals surface area contributed by atoms with Crippen LogP contribution in [0.1, 0.15) is 71.0 Å². The Bertz CT molecular complexity index is 2830. The topological polar surface area (TPSA) is 15.6 Å². The Kier molecular flexibility index (Phi) is 7.89. The molecule has 6 aliphatic rings. The molecule has 3 atom stereocenters. The van der Waals surface area contributed by atoms with Crippen molar-refractivity contribution in [2.75, 3.05) is 4.90 Å². The highest BCUT2D eigenvalue weighted by Crippen LogP contribution is 2.66. The van der Waals surface area contributed by atoms with Gasteiger partial charge in [-0.3, -0.25) is 4.99 Å². The van der Waals surface area contributed by atoms with Crippen molar-refractivity contribution in [1.29, 1.82) is 0 Å². The number of nitrogens with zero attached hydrogens (tertiary/aromatic N) is 2. The van der Waals surface area contributed by atoms with E-state index in [1.165, 1.54) is 77.6 Å². The molecule has 0 saturated heterocycles. The highest BCUT2D eigenvalue weighted by Gasteiger charge is 2.57. The zero-order valence-electron chi connectivity index (χ0n) is 32.4. The molecule has 0 N–H and O–H groups in total. The Morgan fingerprint density at radius 2 is 1.26 bits per heavy atom. The predicted molar refractivity (Wildman–Crippen MR) is 239 cm³/mol. The van der Waals surface area contributed by atoms with E-state index >= 15 is 0 Å². The lowest BCUT2D eigenvalue weighted by Gasteiger charge is -2.36. The van der Waals surface area contributed by atoms with Crippen molar-refractivity contribution in [3.05, 3.63) is 238 Å². The third-order valence-corrected chi connectivity index (χ3v) is 13.1. The first-order valence-corrected chi connectivity index (χ1v) is 20.7. The zero-order valence-corrected chi connectivity index (χ0v) is 32.4. The van der Waals surface area contributed by atoms with Crippen LogP contribution in [0.3, 0.4) is 0 Å². The van der Waals surface area contributed by atoms with Crippen LogP contribution < -0.4 is 4.90 Å². The average Bonchev–Trinajstić information content (AvgIpc) is 3.65. The number of rotatable bonds is 5. The summed E-state index contributed by atoms with van der Waals surface area (Å²) in [6, 6.07) is 56.3. The maximum absolute atomic E-state index is 5.42. The van der Waals surface area contributed by atoms with Gasteiger partial charge in [-0.25, -0.2) is 0 Å². The van der Waals surface area contributed by atoms with Crippen LogP contribution in [0.15, 0.2) is 204 Å². The van der Waals surface area contributed by atoms with Gasteiger partial charge in [-0.2, -0.15) is 0 Å². The van der Waals surface area contributed by atoms with Gasteiger partial charge in [0.1, 0.15) is 0 Å². The number of hydrogen-bond donors (Lipinski definition) is 0. The summed E-state index contributed by atoms with van der Waals surface area (Å²) in [7, 11) is 0. The van der Waals surface area contributed by atoms with Crippen molar-refractivity contribution < 1.29 is 0 Å². The van der Waals surface area contributed by atoms with Gasteiger partial charge in [-0.15, -0.1) is 0 Å². The van der Waals surface area contributed by atoms with E-state index in [2.05, 4.69) is 193 Å². The third kappa shape index (κ3) is 4.80. The molecule has 2 nitrogen and oxygen atoms in total. The summed E-state index contributed by atoms with van der Waals surface area (Å²) in [5.41, 5.74) is 15.3. The summed E-state index contributed by atoms with van der Waals surface area (Å²) in [5.74, 6) is 0.665. The summed E-state index contributed by atoms with van der Waals surface area (Å²) in [6.07, 6.45) is 15.4. The van der Waals surface area contributed by atoms with Crippen LogP contribution in [0.25, 0.3) is 21.5 Å². The molecule has 1 spiro atoms. The molecule has 7 aromatic rings. The molecule has 274 valence electrons. The summed E-state index contributed by atoms with van der Waals surface area (Å²) in [6.45, 7) is 4.64. The highest BCUT2D eigenvalue weighted by molar-refractivity contribution is 6.16. The van der Waals surface area contributed by atoms with E-state index in [-0.39, 0.29) is 23.2 Å². The van der Waals surface area contributed by atoms with Crippen LogP contribution in [0, 0.1) is 5.92 Å². The SMILES string of the molecule is C1=CC2c3c(N4C5=CCC(C(C(=NCc6ccccc6)c6ccccc6)=C5)c5ccccc54)cccc3C3(c4cccc5ccc6cccc3c6c45)C2C=C1.CC. The fourth-order valence-electron chi connectivity index (χ4n) is 11.0. The molecule has 0 amide bonds. The van der Waals surface area contributed by atoms with Crippen molar-refractivity contribution in [3.8, 4) is 0 Å². The lowest BCUT2D eigenvalue weighted by molar-refractivity contribution is 0.467. The Morgan fingerprint density at radius 3 is 2.02 bits per heavy atom. The summed E-state index contributed by atoms with van der Waals surface area (Å²) < 4.78 is 0. The molecule has 3 unspecified atom stereocenters. The molecule has 2 heteroatoms. The fraction of sp³-hybridized carbons (Fsp3) is 0.145. The standard InChI is InChI=1S/C53H38N2.C2H6/c1-3-14-34(15-4-1)33-54-52(37-16-5-2-6-17-37)42-32-38-30-31-39(42)40-20-8-10-26-47(40)55(38)48-27-13-25-46-51(48)41-21-7-9-22-43(41)53(46)44-23-11-18-35-28-29-36-19-12-24-45(53)50(36)49(35)44;1-2/h1-30,32,39,41,43H,31,33H2;1-2H3. The van der Waals surface area contributed by atoms with Crippen molar-refractivity contribution >= 4 is 38.6 Å². The van der Waals surface area contributed by atoms with E-state index in [0.29, 0.717) is 6.54 Å². The van der Waals surface area contributed by atoms with E-state index in [0.717, 1.165) is 17.7 Å². The quantitative estimate of drug-likeness (QED) is 0.127. The van der Waals surface area contributed by atoms with Gasteiger partial charge in [0.25, 0.3) is 0 Å². The maximum Gasteiger partial charge on any atom is 0.0689 e. The van der Waals surface area contributed by atoms with Gasteiger partial charge in [0.15, 0.2) is 0 Å². The lowest BCUT2D eigenvalue weighted by atomic mass is 9.65. The summed E-state index contributed by atoms with van der Waals surface area (Å²) in [5, 5.41) is 5.51. The summed E-state index contributed by atoms with van der Waals surface area (Å²) >= 11 is 0. The van der Waals surface area contributed by atoms with Crippen LogP contribution in [0.5, 0.6) is 0 Å². The van der Waals surface area contributed by atoms with Crippen LogP contribution in [-0.4, -0.2) is 5.71 Å². The zero-order chi connectivity index (χ0) is 38.1. The van der Waals surface area contributed by atoms with Crippen molar-refractivity contribution in [2.24, 2.45) is 10.9 Å². The van der Waals surface area contributed by atoms with Crippen molar-refractivity contribution in [2.45, 2.75) is 44.1 Å². The molecule has 2 aliphatic heterocycles. The number of allylic oxidation sites excluding steroid dienone is 7. The van der Waals surface area contributed by atoms with Gasteiger partial charge >= 0.3 is 0 Å². The Labute approximate surface area is 335 Å². The van der Waals surface area contributed by atoms with E-state index in [1.807, 2.05) is 13.8 Å². The molecule has 0 aromatic heterocycles. The Balaban J connectivity index is 0.00000184.